The highest BCUT2D eigenvalue weighted by molar-refractivity contribution is 4.94. The summed E-state index contributed by atoms with van der Waals surface area (Å²) in [6.45, 7) is 28.3. The molecule has 1 saturated carbocycles. The molecule has 1 aliphatic carbocycles. The summed E-state index contributed by atoms with van der Waals surface area (Å²) in [5.41, 5.74) is 1.81. The zero-order chi connectivity index (χ0) is 22.4. The molecule has 6 unspecified atom stereocenters. The number of allylic oxidation sites excluding steroid dienone is 1. The van der Waals surface area contributed by atoms with Crippen molar-refractivity contribution in [1.82, 2.24) is 0 Å². The number of hydrogen-bond acceptors (Lipinski definition) is 0. The lowest BCUT2D eigenvalue weighted by molar-refractivity contribution is 0.0606. The van der Waals surface area contributed by atoms with Crippen molar-refractivity contribution < 1.29 is 0 Å². The van der Waals surface area contributed by atoms with Gasteiger partial charge in [-0.25, -0.2) is 0 Å². The molecule has 0 radical (unpaired) electrons. The first kappa shape index (κ1) is 26.8. The Labute approximate surface area is 185 Å². The first-order valence-electron chi connectivity index (χ1n) is 13.0. The summed E-state index contributed by atoms with van der Waals surface area (Å²) in [5.74, 6) is 6.97. The van der Waals surface area contributed by atoms with Crippen molar-refractivity contribution in [2.24, 2.45) is 52.8 Å². The van der Waals surface area contributed by atoms with Gasteiger partial charge in [-0.2, -0.15) is 0 Å². The van der Waals surface area contributed by atoms with E-state index < -0.39 is 0 Å². The maximum Gasteiger partial charge on any atom is -0.0237 e. The van der Waals surface area contributed by atoms with Gasteiger partial charge in [-0.05, 0) is 85.4 Å². The Morgan fingerprint density at radius 2 is 1.55 bits per heavy atom. The van der Waals surface area contributed by atoms with E-state index in [0.717, 1.165) is 41.4 Å². The Balaban J connectivity index is 2.44. The van der Waals surface area contributed by atoms with E-state index in [4.69, 9.17) is 0 Å². The van der Waals surface area contributed by atoms with Gasteiger partial charge in [-0.3, -0.25) is 0 Å². The zero-order valence-electron chi connectivity index (χ0n) is 22.0. The molecule has 1 rings (SSSR count). The molecule has 172 valence electrons. The maximum absolute atomic E-state index is 4.13. The molecule has 0 aromatic carbocycles. The molecule has 0 nitrogen and oxygen atoms in total. The van der Waals surface area contributed by atoms with Crippen LogP contribution in [0.1, 0.15) is 121 Å². The van der Waals surface area contributed by atoms with Crippen molar-refractivity contribution in [3.63, 3.8) is 0 Å². The van der Waals surface area contributed by atoms with Crippen LogP contribution in [0.25, 0.3) is 0 Å². The summed E-state index contributed by atoms with van der Waals surface area (Å²) >= 11 is 0. The van der Waals surface area contributed by atoms with Gasteiger partial charge in [0.25, 0.3) is 0 Å². The molecule has 1 fully saturated rings. The molecule has 0 aromatic heterocycles. The van der Waals surface area contributed by atoms with E-state index >= 15 is 0 Å². The van der Waals surface area contributed by atoms with Gasteiger partial charge in [-0.1, -0.05) is 100 Å². The Kier molecular flexibility index (Phi) is 11.0. The van der Waals surface area contributed by atoms with Crippen molar-refractivity contribution in [3.8, 4) is 0 Å². The van der Waals surface area contributed by atoms with Gasteiger partial charge in [0, 0.05) is 0 Å². The van der Waals surface area contributed by atoms with E-state index in [2.05, 4.69) is 75.8 Å². The van der Waals surface area contributed by atoms with E-state index in [1.54, 1.807) is 0 Å². The predicted molar refractivity (Wildman–Crippen MR) is 133 cm³/mol. The minimum Gasteiger partial charge on any atom is -0.0999 e. The van der Waals surface area contributed by atoms with Crippen molar-refractivity contribution >= 4 is 0 Å². The largest absolute Gasteiger partial charge is 0.0999 e. The summed E-state index contributed by atoms with van der Waals surface area (Å²) in [5, 5.41) is 0. The molecule has 0 amide bonds. The monoisotopic (exact) mass is 404 g/mol. The molecule has 0 bridgehead atoms. The molecule has 29 heavy (non-hydrogen) atoms. The van der Waals surface area contributed by atoms with Crippen LogP contribution in [0, 0.1) is 52.8 Å². The average molecular weight is 405 g/mol. The fourth-order valence-electron chi connectivity index (χ4n) is 5.55. The lowest BCUT2D eigenvalue weighted by atomic mass is 9.61. The van der Waals surface area contributed by atoms with E-state index in [1.807, 2.05) is 0 Å². The average Bonchev–Trinajstić information content (AvgIpc) is 2.62. The summed E-state index contributed by atoms with van der Waals surface area (Å²) < 4.78 is 0. The van der Waals surface area contributed by atoms with Crippen LogP contribution in [0.3, 0.4) is 0 Å². The maximum atomic E-state index is 4.13. The molecule has 1 aliphatic rings. The molecule has 0 heteroatoms. The van der Waals surface area contributed by atoms with Crippen molar-refractivity contribution in [2.45, 2.75) is 121 Å². The van der Waals surface area contributed by atoms with Crippen LogP contribution < -0.4 is 0 Å². The normalized spacial score (nSPS) is 25.7. The lowest BCUT2D eigenvalue weighted by Crippen LogP contribution is -2.35. The van der Waals surface area contributed by atoms with Gasteiger partial charge < -0.3 is 0 Å². The Morgan fingerprint density at radius 1 is 0.966 bits per heavy atom. The highest BCUT2D eigenvalue weighted by atomic mass is 14.4. The van der Waals surface area contributed by atoms with Gasteiger partial charge in [-0.15, -0.1) is 0 Å². The van der Waals surface area contributed by atoms with Gasteiger partial charge >= 0.3 is 0 Å². The molecule has 0 saturated heterocycles. The van der Waals surface area contributed by atoms with E-state index in [1.165, 1.54) is 56.9 Å². The molecular weight excluding hydrogens is 348 g/mol. The standard InChI is InChI=1S/C29H56/c1-20(2)23(7)14-12-16-27-18-24(8)28(27)17-13-15-26(21(3)4)19-25(9)29(10,11)22(5)6/h21-28H,1,12-19H2,2-11H3. The third-order valence-electron chi connectivity index (χ3n) is 9.53. The van der Waals surface area contributed by atoms with E-state index in [9.17, 15) is 0 Å². The Bertz CT molecular complexity index is 468. The van der Waals surface area contributed by atoms with Crippen molar-refractivity contribution in [3.05, 3.63) is 12.2 Å². The topological polar surface area (TPSA) is 0 Å². The fourth-order valence-corrected chi connectivity index (χ4v) is 5.55. The van der Waals surface area contributed by atoms with Crippen LogP contribution in [0.15, 0.2) is 12.2 Å². The van der Waals surface area contributed by atoms with E-state index in [-0.39, 0.29) is 0 Å². The number of hydrogen-bond donors (Lipinski definition) is 0. The van der Waals surface area contributed by atoms with Gasteiger partial charge in [0.05, 0.1) is 0 Å². The highest BCUT2D eigenvalue weighted by Gasteiger charge is 2.37. The van der Waals surface area contributed by atoms with Gasteiger partial charge in [0.15, 0.2) is 0 Å². The van der Waals surface area contributed by atoms with Crippen LogP contribution in [-0.2, 0) is 0 Å². The molecule has 0 aliphatic heterocycles. The van der Waals surface area contributed by atoms with Crippen LogP contribution in [0.4, 0.5) is 0 Å². The summed E-state index contributed by atoms with van der Waals surface area (Å²) in [6, 6.07) is 0. The van der Waals surface area contributed by atoms with Crippen LogP contribution in [0.5, 0.6) is 0 Å². The third kappa shape index (κ3) is 8.06. The highest BCUT2D eigenvalue weighted by Crippen LogP contribution is 2.47. The molecule has 0 heterocycles. The Hall–Kier alpha value is -0.260. The molecular formula is C29H56. The first-order chi connectivity index (χ1) is 13.4. The smallest absolute Gasteiger partial charge is 0.0237 e. The predicted octanol–water partition coefficient (Wildman–Crippen LogP) is 9.79. The number of rotatable bonds is 14. The molecule has 6 atom stereocenters. The second-order valence-corrected chi connectivity index (χ2v) is 12.4. The second-order valence-electron chi connectivity index (χ2n) is 12.4. The summed E-state index contributed by atoms with van der Waals surface area (Å²) in [7, 11) is 0. The van der Waals surface area contributed by atoms with Crippen LogP contribution in [0.2, 0.25) is 0 Å². The Morgan fingerprint density at radius 3 is 2.03 bits per heavy atom. The fraction of sp³-hybridized carbons (Fsp3) is 0.931. The molecule has 0 aromatic rings. The lowest BCUT2D eigenvalue weighted by Gasteiger charge is -2.44. The summed E-state index contributed by atoms with van der Waals surface area (Å²) in [6.07, 6.45) is 11.5. The molecule has 0 spiro atoms. The third-order valence-corrected chi connectivity index (χ3v) is 9.53. The SMILES string of the molecule is C=C(C)C(C)CCCC1CC(C)C1CCCC(CC(C)C(C)(C)C(C)C)C(C)C. The minimum atomic E-state index is 0.446. The van der Waals surface area contributed by atoms with Crippen LogP contribution in [-0.4, -0.2) is 0 Å². The van der Waals surface area contributed by atoms with Crippen LogP contribution >= 0.6 is 0 Å². The molecule has 0 N–H and O–H groups in total. The summed E-state index contributed by atoms with van der Waals surface area (Å²) in [4.78, 5) is 0. The first-order valence-corrected chi connectivity index (χ1v) is 13.0. The minimum absolute atomic E-state index is 0.446. The second kappa shape index (κ2) is 12.0. The van der Waals surface area contributed by atoms with Crippen molar-refractivity contribution in [1.29, 1.82) is 0 Å². The van der Waals surface area contributed by atoms with Crippen molar-refractivity contribution in [2.75, 3.05) is 0 Å². The quantitative estimate of drug-likeness (QED) is 0.253. The van der Waals surface area contributed by atoms with Gasteiger partial charge in [0.2, 0.25) is 0 Å². The van der Waals surface area contributed by atoms with Gasteiger partial charge in [0.1, 0.15) is 0 Å². The zero-order valence-corrected chi connectivity index (χ0v) is 22.0. The van der Waals surface area contributed by atoms with E-state index in [0.29, 0.717) is 11.3 Å².